The summed E-state index contributed by atoms with van der Waals surface area (Å²) in [5.74, 6) is -0.118. The largest absolute Gasteiger partial charge is 0.328 e. The van der Waals surface area contributed by atoms with Gasteiger partial charge in [-0.3, -0.25) is 9.48 Å². The monoisotopic (exact) mass is 250 g/mol. The molecule has 0 aromatic carbocycles. The summed E-state index contributed by atoms with van der Waals surface area (Å²) in [5, 5.41) is 7.54. The van der Waals surface area contributed by atoms with Crippen LogP contribution in [-0.2, 0) is 11.8 Å². The number of nitrogens with one attached hydrogen (secondary N) is 1. The Morgan fingerprint density at radius 3 is 2.82 bits per heavy atom. The van der Waals surface area contributed by atoms with Gasteiger partial charge in [-0.15, -0.1) is 0 Å². The molecule has 0 atom stereocenters. The topological polar surface area (TPSA) is 50.2 Å². The standard InChI is InChI=1S/C11H14N4OS/c1-4-5-8-10(16)15(11(17)12-8)9-6-14(3)13-7(9)2/h5-6H,4H2,1-3H3,(H,12,17)/b8-5+. The third-order valence-electron chi connectivity index (χ3n) is 2.51. The molecule has 17 heavy (non-hydrogen) atoms. The molecule has 1 aliphatic rings. The number of anilines is 1. The zero-order valence-electron chi connectivity index (χ0n) is 10.0. The second kappa shape index (κ2) is 4.29. The van der Waals surface area contributed by atoms with Gasteiger partial charge in [-0.25, -0.2) is 4.90 Å². The number of allylic oxidation sites excluding steroid dienone is 1. The molecule has 5 nitrogen and oxygen atoms in total. The predicted molar refractivity (Wildman–Crippen MR) is 69.5 cm³/mol. The first kappa shape index (κ1) is 11.8. The number of rotatable bonds is 2. The predicted octanol–water partition coefficient (Wildman–Crippen LogP) is 1.24. The second-order valence-electron chi connectivity index (χ2n) is 3.87. The van der Waals surface area contributed by atoms with Gasteiger partial charge in [-0.1, -0.05) is 13.0 Å². The Kier molecular flexibility index (Phi) is 2.97. The number of carbonyl (C=O) groups excluding carboxylic acids is 1. The molecule has 1 N–H and O–H groups in total. The average Bonchev–Trinajstić information content (AvgIpc) is 2.69. The first-order chi connectivity index (χ1) is 8.04. The van der Waals surface area contributed by atoms with Crippen LogP contribution in [-0.4, -0.2) is 20.8 Å². The van der Waals surface area contributed by atoms with E-state index < -0.39 is 0 Å². The summed E-state index contributed by atoms with van der Waals surface area (Å²) in [5.41, 5.74) is 2.05. The quantitative estimate of drug-likeness (QED) is 0.634. The van der Waals surface area contributed by atoms with Gasteiger partial charge in [-0.2, -0.15) is 5.10 Å². The van der Waals surface area contributed by atoms with E-state index in [1.54, 1.807) is 10.9 Å². The Bertz CT molecular complexity index is 518. The molecular weight excluding hydrogens is 236 g/mol. The minimum atomic E-state index is -0.118. The summed E-state index contributed by atoms with van der Waals surface area (Å²) in [6.45, 7) is 3.83. The number of aryl methyl sites for hydroxylation is 2. The van der Waals surface area contributed by atoms with E-state index in [-0.39, 0.29) is 5.91 Å². The van der Waals surface area contributed by atoms with Gasteiger partial charge in [0.15, 0.2) is 5.11 Å². The number of nitrogens with zero attached hydrogens (tertiary/aromatic N) is 3. The second-order valence-corrected chi connectivity index (χ2v) is 4.26. The molecule has 2 rings (SSSR count). The Morgan fingerprint density at radius 1 is 1.59 bits per heavy atom. The van der Waals surface area contributed by atoms with Gasteiger partial charge in [0.2, 0.25) is 0 Å². The number of hydrogen-bond acceptors (Lipinski definition) is 3. The number of thiocarbonyl (C=S) groups is 1. The third kappa shape index (κ3) is 1.95. The molecule has 1 fully saturated rings. The molecule has 0 radical (unpaired) electrons. The maximum atomic E-state index is 12.1. The molecular formula is C11H14N4OS. The smallest absolute Gasteiger partial charge is 0.280 e. The van der Waals surface area contributed by atoms with Crippen LogP contribution in [0.15, 0.2) is 18.0 Å². The van der Waals surface area contributed by atoms with Gasteiger partial charge in [0.25, 0.3) is 5.91 Å². The van der Waals surface area contributed by atoms with Crippen molar-refractivity contribution in [1.82, 2.24) is 15.1 Å². The van der Waals surface area contributed by atoms with Crippen LogP contribution in [0.3, 0.4) is 0 Å². The van der Waals surface area contributed by atoms with Crippen molar-refractivity contribution in [3.05, 3.63) is 23.7 Å². The van der Waals surface area contributed by atoms with Crippen LogP contribution in [0.2, 0.25) is 0 Å². The first-order valence-corrected chi connectivity index (χ1v) is 5.81. The zero-order chi connectivity index (χ0) is 12.6. The van der Waals surface area contributed by atoms with Crippen molar-refractivity contribution >= 4 is 28.9 Å². The summed E-state index contributed by atoms with van der Waals surface area (Å²) in [4.78, 5) is 13.6. The van der Waals surface area contributed by atoms with E-state index in [4.69, 9.17) is 12.2 Å². The minimum absolute atomic E-state index is 0.118. The summed E-state index contributed by atoms with van der Waals surface area (Å²) in [7, 11) is 1.82. The van der Waals surface area contributed by atoms with E-state index in [9.17, 15) is 4.79 Å². The van der Waals surface area contributed by atoms with Crippen molar-refractivity contribution < 1.29 is 4.79 Å². The van der Waals surface area contributed by atoms with E-state index in [1.807, 2.05) is 27.0 Å². The highest BCUT2D eigenvalue weighted by molar-refractivity contribution is 7.80. The summed E-state index contributed by atoms with van der Waals surface area (Å²) >= 11 is 5.18. The van der Waals surface area contributed by atoms with E-state index in [0.29, 0.717) is 10.8 Å². The van der Waals surface area contributed by atoms with Gasteiger partial charge >= 0.3 is 0 Å². The normalized spacial score (nSPS) is 18.1. The number of carbonyl (C=O) groups is 1. The lowest BCUT2D eigenvalue weighted by atomic mass is 10.3. The molecule has 0 aliphatic carbocycles. The molecule has 0 unspecified atom stereocenters. The molecule has 90 valence electrons. The summed E-state index contributed by atoms with van der Waals surface area (Å²) in [6, 6.07) is 0. The highest BCUT2D eigenvalue weighted by Gasteiger charge is 2.33. The van der Waals surface area contributed by atoms with Crippen LogP contribution in [0.1, 0.15) is 19.0 Å². The SMILES string of the molecule is CC/C=C1/NC(=S)N(c2cn(C)nc2C)C1=O. The van der Waals surface area contributed by atoms with Crippen molar-refractivity contribution in [2.75, 3.05) is 4.90 Å². The Morgan fingerprint density at radius 2 is 2.29 bits per heavy atom. The Labute approximate surface area is 105 Å². The van der Waals surface area contributed by atoms with Gasteiger partial charge < -0.3 is 5.32 Å². The Hall–Kier alpha value is -1.69. The first-order valence-electron chi connectivity index (χ1n) is 5.40. The van der Waals surface area contributed by atoms with Crippen LogP contribution >= 0.6 is 12.2 Å². The molecule has 1 aromatic rings. The molecule has 0 spiro atoms. The molecule has 6 heteroatoms. The molecule has 1 amide bonds. The lowest BCUT2D eigenvalue weighted by Gasteiger charge is -2.11. The van der Waals surface area contributed by atoms with Gasteiger partial charge in [0.1, 0.15) is 5.70 Å². The number of amides is 1. The molecule has 2 heterocycles. The molecule has 1 aromatic heterocycles. The van der Waals surface area contributed by atoms with Gasteiger partial charge in [-0.05, 0) is 25.6 Å². The van der Waals surface area contributed by atoms with Crippen LogP contribution in [0.25, 0.3) is 0 Å². The van der Waals surface area contributed by atoms with Crippen molar-refractivity contribution in [3.63, 3.8) is 0 Å². The Balaban J connectivity index is 2.40. The summed E-state index contributed by atoms with van der Waals surface area (Å²) < 4.78 is 1.67. The van der Waals surface area contributed by atoms with Crippen LogP contribution in [0.5, 0.6) is 0 Å². The van der Waals surface area contributed by atoms with Crippen molar-refractivity contribution in [3.8, 4) is 0 Å². The number of aromatic nitrogens is 2. The lowest BCUT2D eigenvalue weighted by molar-refractivity contribution is -0.113. The van der Waals surface area contributed by atoms with Gasteiger partial charge in [0.05, 0.1) is 11.4 Å². The van der Waals surface area contributed by atoms with E-state index in [1.165, 1.54) is 4.90 Å². The maximum absolute atomic E-state index is 12.1. The van der Waals surface area contributed by atoms with Gasteiger partial charge in [0, 0.05) is 13.2 Å². The van der Waals surface area contributed by atoms with Crippen LogP contribution < -0.4 is 10.2 Å². The van der Waals surface area contributed by atoms with Crippen LogP contribution in [0.4, 0.5) is 5.69 Å². The minimum Gasteiger partial charge on any atom is -0.328 e. The fourth-order valence-electron chi connectivity index (χ4n) is 1.81. The lowest BCUT2D eigenvalue weighted by Crippen LogP contribution is -2.30. The van der Waals surface area contributed by atoms with Crippen LogP contribution in [0, 0.1) is 6.92 Å². The van der Waals surface area contributed by atoms with Crippen molar-refractivity contribution in [1.29, 1.82) is 0 Å². The van der Waals surface area contributed by atoms with E-state index in [2.05, 4.69) is 10.4 Å². The highest BCUT2D eigenvalue weighted by atomic mass is 32.1. The van der Waals surface area contributed by atoms with Crippen molar-refractivity contribution in [2.24, 2.45) is 7.05 Å². The van der Waals surface area contributed by atoms with E-state index >= 15 is 0 Å². The molecule has 1 saturated heterocycles. The maximum Gasteiger partial charge on any atom is 0.280 e. The fraction of sp³-hybridized carbons (Fsp3) is 0.364. The number of hydrogen-bond donors (Lipinski definition) is 1. The fourth-order valence-corrected chi connectivity index (χ4v) is 2.10. The zero-order valence-corrected chi connectivity index (χ0v) is 10.8. The highest BCUT2D eigenvalue weighted by Crippen LogP contribution is 2.23. The molecule has 1 aliphatic heterocycles. The molecule has 0 saturated carbocycles. The van der Waals surface area contributed by atoms with Crippen molar-refractivity contribution in [2.45, 2.75) is 20.3 Å². The molecule has 0 bridgehead atoms. The third-order valence-corrected chi connectivity index (χ3v) is 2.80. The van der Waals surface area contributed by atoms with E-state index in [0.717, 1.165) is 17.8 Å². The summed E-state index contributed by atoms with van der Waals surface area (Å²) in [6.07, 6.45) is 4.41. The average molecular weight is 250 g/mol.